The van der Waals surface area contributed by atoms with Crippen LogP contribution < -0.4 is 4.90 Å². The van der Waals surface area contributed by atoms with Gasteiger partial charge >= 0.3 is 0 Å². The first-order valence-corrected chi connectivity index (χ1v) is 7.20. The summed E-state index contributed by atoms with van der Waals surface area (Å²) in [6.07, 6.45) is 1.93. The van der Waals surface area contributed by atoms with Gasteiger partial charge in [-0.2, -0.15) is 0 Å². The predicted molar refractivity (Wildman–Crippen MR) is 77.0 cm³/mol. The Morgan fingerprint density at radius 1 is 1.25 bits per heavy atom. The van der Waals surface area contributed by atoms with E-state index >= 15 is 0 Å². The van der Waals surface area contributed by atoms with Crippen LogP contribution in [0.15, 0.2) is 12.3 Å². The molecule has 0 aromatic carbocycles. The first-order chi connectivity index (χ1) is 9.81. The number of morpholine rings is 1. The number of hydrogen-bond donors (Lipinski definition) is 1. The molecule has 6 nitrogen and oxygen atoms in total. The molecular formula is C14H19N5O. The van der Waals surface area contributed by atoms with Crippen LogP contribution in [-0.2, 0) is 4.74 Å². The average molecular weight is 273 g/mol. The second-order valence-corrected chi connectivity index (χ2v) is 5.54. The third-order valence-corrected chi connectivity index (χ3v) is 4.22. The van der Waals surface area contributed by atoms with E-state index in [0.29, 0.717) is 6.04 Å². The summed E-state index contributed by atoms with van der Waals surface area (Å²) in [5.74, 6) is 1.88. The summed E-state index contributed by atoms with van der Waals surface area (Å²) in [6.45, 7) is 7.89. The average Bonchev–Trinajstić information content (AvgIpc) is 2.86. The number of nitrogens with zero attached hydrogens (tertiary/aromatic N) is 4. The number of nitrogens with one attached hydrogen (secondary N) is 1. The summed E-state index contributed by atoms with van der Waals surface area (Å²) in [7, 11) is 0. The molecule has 0 bridgehead atoms. The highest BCUT2D eigenvalue weighted by Gasteiger charge is 2.34. The van der Waals surface area contributed by atoms with Gasteiger partial charge in [-0.15, -0.1) is 0 Å². The van der Waals surface area contributed by atoms with E-state index in [1.54, 1.807) is 0 Å². The smallest absolute Gasteiger partial charge is 0.156 e. The molecule has 0 saturated carbocycles. The fourth-order valence-corrected chi connectivity index (χ4v) is 3.07. The third kappa shape index (κ3) is 1.96. The van der Waals surface area contributed by atoms with Gasteiger partial charge in [0.15, 0.2) is 5.82 Å². The lowest BCUT2D eigenvalue weighted by atomic mass is 10.1. The van der Waals surface area contributed by atoms with Crippen molar-refractivity contribution in [3.8, 4) is 0 Å². The number of aromatic nitrogens is 3. The Bertz CT molecular complexity index is 613. The summed E-state index contributed by atoms with van der Waals surface area (Å²) >= 11 is 0. The third-order valence-electron chi connectivity index (χ3n) is 4.22. The van der Waals surface area contributed by atoms with E-state index in [4.69, 9.17) is 4.74 Å². The van der Waals surface area contributed by atoms with Crippen LogP contribution in [0, 0.1) is 6.92 Å². The van der Waals surface area contributed by atoms with Gasteiger partial charge in [-0.25, -0.2) is 9.97 Å². The highest BCUT2D eigenvalue weighted by molar-refractivity contribution is 5.86. The largest absolute Gasteiger partial charge is 0.379 e. The molecule has 1 N–H and O–H groups in total. The summed E-state index contributed by atoms with van der Waals surface area (Å²) in [6, 6.07) is 2.64. The Kier molecular flexibility index (Phi) is 2.85. The highest BCUT2D eigenvalue weighted by Crippen LogP contribution is 2.28. The zero-order valence-corrected chi connectivity index (χ0v) is 11.7. The maximum atomic E-state index is 5.41. The van der Waals surface area contributed by atoms with Crippen molar-refractivity contribution in [1.82, 2.24) is 19.9 Å². The fourth-order valence-electron chi connectivity index (χ4n) is 3.07. The first-order valence-electron chi connectivity index (χ1n) is 7.20. The van der Waals surface area contributed by atoms with Gasteiger partial charge in [0.05, 0.1) is 18.7 Å². The molecule has 0 amide bonds. The van der Waals surface area contributed by atoms with E-state index in [1.807, 2.05) is 19.2 Å². The summed E-state index contributed by atoms with van der Waals surface area (Å²) in [5, 5.41) is 0. The van der Waals surface area contributed by atoms with E-state index in [9.17, 15) is 0 Å². The molecule has 2 aromatic heterocycles. The van der Waals surface area contributed by atoms with Gasteiger partial charge in [0.25, 0.3) is 0 Å². The molecule has 2 aliphatic heterocycles. The summed E-state index contributed by atoms with van der Waals surface area (Å²) < 4.78 is 5.41. The van der Waals surface area contributed by atoms with Crippen LogP contribution in [-0.4, -0.2) is 65.3 Å². The second kappa shape index (κ2) is 4.71. The number of hydrogen-bond acceptors (Lipinski definition) is 5. The molecule has 106 valence electrons. The zero-order valence-electron chi connectivity index (χ0n) is 11.7. The van der Waals surface area contributed by atoms with Gasteiger partial charge in [0.2, 0.25) is 0 Å². The Hall–Kier alpha value is -1.66. The van der Waals surface area contributed by atoms with Gasteiger partial charge in [0.1, 0.15) is 11.3 Å². The van der Waals surface area contributed by atoms with E-state index in [2.05, 4.69) is 24.8 Å². The van der Waals surface area contributed by atoms with Gasteiger partial charge in [-0.05, 0) is 13.0 Å². The van der Waals surface area contributed by atoms with Crippen molar-refractivity contribution in [2.75, 3.05) is 44.3 Å². The predicted octanol–water partition coefficient (Wildman–Crippen LogP) is 0.787. The van der Waals surface area contributed by atoms with Crippen LogP contribution >= 0.6 is 0 Å². The standard InChI is InChI=1S/C14H19N5O/c1-10-16-12-2-3-15-13(12)14(17-10)19-8-11(9-19)18-4-6-20-7-5-18/h2-3,11,15H,4-9H2,1H3. The summed E-state index contributed by atoms with van der Waals surface area (Å²) in [4.78, 5) is 17.2. The summed E-state index contributed by atoms with van der Waals surface area (Å²) in [5.41, 5.74) is 2.05. The molecular weight excluding hydrogens is 254 g/mol. The first kappa shape index (κ1) is 12.1. The molecule has 0 spiro atoms. The zero-order chi connectivity index (χ0) is 13.5. The Morgan fingerprint density at radius 3 is 2.85 bits per heavy atom. The molecule has 0 aliphatic carbocycles. The molecule has 4 heterocycles. The number of rotatable bonds is 2. The molecule has 2 fully saturated rings. The molecule has 6 heteroatoms. The minimum absolute atomic E-state index is 0.638. The maximum Gasteiger partial charge on any atom is 0.156 e. The number of anilines is 1. The number of H-pyrrole nitrogens is 1. The van der Waals surface area contributed by atoms with Crippen LogP contribution in [0.5, 0.6) is 0 Å². The molecule has 20 heavy (non-hydrogen) atoms. The lowest BCUT2D eigenvalue weighted by Gasteiger charge is -2.47. The van der Waals surface area contributed by atoms with Crippen molar-refractivity contribution in [2.24, 2.45) is 0 Å². The molecule has 0 radical (unpaired) electrons. The maximum absolute atomic E-state index is 5.41. The molecule has 2 saturated heterocycles. The Labute approximate surface area is 117 Å². The van der Waals surface area contributed by atoms with Crippen molar-refractivity contribution in [3.05, 3.63) is 18.1 Å². The van der Waals surface area contributed by atoms with Crippen LogP contribution in [0.4, 0.5) is 5.82 Å². The van der Waals surface area contributed by atoms with Crippen molar-refractivity contribution in [3.63, 3.8) is 0 Å². The monoisotopic (exact) mass is 273 g/mol. The van der Waals surface area contributed by atoms with Crippen LogP contribution in [0.2, 0.25) is 0 Å². The van der Waals surface area contributed by atoms with Crippen molar-refractivity contribution >= 4 is 16.9 Å². The lowest BCUT2D eigenvalue weighted by molar-refractivity contribution is 0.0104. The second-order valence-electron chi connectivity index (χ2n) is 5.54. The topological polar surface area (TPSA) is 57.3 Å². The van der Waals surface area contributed by atoms with Crippen LogP contribution in [0.1, 0.15) is 5.82 Å². The van der Waals surface area contributed by atoms with Crippen LogP contribution in [0.25, 0.3) is 11.0 Å². The van der Waals surface area contributed by atoms with Crippen LogP contribution in [0.3, 0.4) is 0 Å². The number of ether oxygens (including phenoxy) is 1. The van der Waals surface area contributed by atoms with Crippen molar-refractivity contribution in [1.29, 1.82) is 0 Å². The molecule has 2 aromatic rings. The van der Waals surface area contributed by atoms with E-state index in [-0.39, 0.29) is 0 Å². The molecule has 2 aliphatic rings. The van der Waals surface area contributed by atoms with E-state index in [1.165, 1.54) is 0 Å². The lowest BCUT2D eigenvalue weighted by Crippen LogP contribution is -2.61. The SMILES string of the molecule is Cc1nc(N2CC(N3CCOCC3)C2)c2[nH]ccc2n1. The minimum Gasteiger partial charge on any atom is -0.379 e. The minimum atomic E-state index is 0.638. The van der Waals surface area contributed by atoms with Gasteiger partial charge in [-0.1, -0.05) is 0 Å². The number of fused-ring (bicyclic) bond motifs is 1. The Morgan fingerprint density at radius 2 is 2.05 bits per heavy atom. The normalized spacial score (nSPS) is 21.4. The van der Waals surface area contributed by atoms with Gasteiger partial charge < -0.3 is 14.6 Å². The molecule has 0 atom stereocenters. The van der Waals surface area contributed by atoms with Crippen molar-refractivity contribution in [2.45, 2.75) is 13.0 Å². The fraction of sp³-hybridized carbons (Fsp3) is 0.571. The molecule has 0 unspecified atom stereocenters. The highest BCUT2D eigenvalue weighted by atomic mass is 16.5. The van der Waals surface area contributed by atoms with E-state index < -0.39 is 0 Å². The van der Waals surface area contributed by atoms with Gasteiger partial charge in [0, 0.05) is 38.4 Å². The van der Waals surface area contributed by atoms with Crippen molar-refractivity contribution < 1.29 is 4.74 Å². The number of aryl methyl sites for hydroxylation is 1. The Balaban J connectivity index is 1.52. The number of aromatic amines is 1. The molecule has 4 rings (SSSR count). The quantitative estimate of drug-likeness (QED) is 0.876. The van der Waals surface area contributed by atoms with E-state index in [0.717, 1.165) is 62.1 Å². The van der Waals surface area contributed by atoms with Gasteiger partial charge in [-0.3, -0.25) is 4.90 Å².